The lowest BCUT2D eigenvalue weighted by Gasteiger charge is -2.24. The maximum Gasteiger partial charge on any atom is 0.415 e. The van der Waals surface area contributed by atoms with E-state index in [2.05, 4.69) is 62.3 Å². The number of carbonyl (C=O) groups excluding carboxylic acids is 7. The zero-order valence-electron chi connectivity index (χ0n) is 49.9. The number of Topliss-reactive ketones (excluding diaryl/α,β-unsaturated/α-hetero) is 1. The summed E-state index contributed by atoms with van der Waals surface area (Å²) in [6.07, 6.45) is 9.08. The Balaban J connectivity index is 0.756. The third-order valence-corrected chi connectivity index (χ3v) is 16.5. The van der Waals surface area contributed by atoms with Gasteiger partial charge in [0.05, 0.1) is 42.7 Å². The molecule has 85 heavy (non-hydrogen) atoms. The van der Waals surface area contributed by atoms with Crippen molar-refractivity contribution in [3.8, 4) is 5.75 Å². The molecule has 7 amide bonds. The number of benzene rings is 3. The molecule has 0 spiro atoms. The lowest BCUT2D eigenvalue weighted by atomic mass is 9.89. The number of ether oxygens (including phenoxy) is 4. The minimum atomic E-state index is -0.906. The van der Waals surface area contributed by atoms with Crippen LogP contribution in [0, 0.1) is 43.4 Å². The molecule has 23 nitrogen and oxygen atoms in total. The summed E-state index contributed by atoms with van der Waals surface area (Å²) in [6, 6.07) is 12.6. The Bertz CT molecular complexity index is 3340. The zero-order valence-corrected chi connectivity index (χ0v) is 49.9. The fourth-order valence-electron chi connectivity index (χ4n) is 11.5. The number of amides is 7. The largest absolute Gasteiger partial charge is 0.449 e. The number of likely N-dealkylation sites (N-methyl/N-ethyl adjacent to an activating group) is 2. The summed E-state index contributed by atoms with van der Waals surface area (Å²) in [6.45, 7) is 11.7. The number of ketones is 1. The summed E-state index contributed by atoms with van der Waals surface area (Å²) in [5.41, 5.74) is 12.5. The van der Waals surface area contributed by atoms with Crippen molar-refractivity contribution in [2.75, 3.05) is 65.4 Å². The summed E-state index contributed by atoms with van der Waals surface area (Å²) in [4.78, 5) is 101. The quantitative estimate of drug-likeness (QED) is 0.0252. The summed E-state index contributed by atoms with van der Waals surface area (Å²) in [5.74, 6) is -0.667. The van der Waals surface area contributed by atoms with E-state index in [-0.39, 0.29) is 70.1 Å². The number of hydrogen-bond acceptors (Lipinski definition) is 14. The molecule has 0 unspecified atom stereocenters. The van der Waals surface area contributed by atoms with E-state index in [1.54, 1.807) is 50.6 Å². The number of aromatic nitrogens is 5. The van der Waals surface area contributed by atoms with Crippen LogP contribution in [0.1, 0.15) is 100 Å². The SMILES string of the molecule is CCCCCNC(=O)OC[C@@H]1[C@@H]2CCc3nnn(CCOCC(=O)N[C@H](C(=O)C[C@@H](CCCNC(N)=O)C(=O)Nc4ccc(COC(=O)N(C)CCN(C)C(=O)Oc5ccc6[nH]c7c(C)c8ccncc8c(C)c7c6c5)cc4)C(C)C)c3CC[C@@H]21. The van der Waals surface area contributed by atoms with Crippen molar-refractivity contribution in [2.24, 2.45) is 35.3 Å². The summed E-state index contributed by atoms with van der Waals surface area (Å²) >= 11 is 0. The topological polar surface area (TPSA) is 296 Å². The Kier molecular flexibility index (Phi) is 21.7. The van der Waals surface area contributed by atoms with Crippen LogP contribution < -0.4 is 31.7 Å². The molecule has 23 heteroatoms. The Labute approximate surface area is 495 Å². The number of hydrogen-bond donors (Lipinski definition) is 6. The number of fused-ring (bicyclic) bond motifs is 6. The van der Waals surface area contributed by atoms with E-state index in [0.717, 1.165) is 100 Å². The highest BCUT2D eigenvalue weighted by atomic mass is 16.6. The van der Waals surface area contributed by atoms with Crippen molar-refractivity contribution >= 4 is 80.2 Å². The van der Waals surface area contributed by atoms with Gasteiger partial charge in [-0.1, -0.05) is 51.0 Å². The van der Waals surface area contributed by atoms with Gasteiger partial charge in [-0.15, -0.1) is 5.10 Å². The molecule has 1 saturated carbocycles. The van der Waals surface area contributed by atoms with E-state index in [1.165, 1.54) is 9.80 Å². The molecule has 3 aromatic heterocycles. The predicted molar refractivity (Wildman–Crippen MR) is 321 cm³/mol. The van der Waals surface area contributed by atoms with Crippen molar-refractivity contribution in [1.29, 1.82) is 0 Å². The van der Waals surface area contributed by atoms with E-state index < -0.39 is 42.0 Å². The molecule has 7 N–H and O–H groups in total. The number of urea groups is 1. The Morgan fingerprint density at radius 2 is 1.59 bits per heavy atom. The average Bonchev–Trinajstić information content (AvgIpc) is 3.26. The monoisotopic (exact) mass is 1170 g/mol. The summed E-state index contributed by atoms with van der Waals surface area (Å²) in [5, 5.41) is 24.1. The number of nitrogens with one attached hydrogen (secondary N) is 5. The molecule has 5 atom stereocenters. The van der Waals surface area contributed by atoms with Crippen LogP contribution in [-0.2, 0) is 54.6 Å². The number of alkyl carbamates (subject to hydrolysis) is 1. The summed E-state index contributed by atoms with van der Waals surface area (Å²) in [7, 11) is 3.16. The van der Waals surface area contributed by atoms with Crippen molar-refractivity contribution in [3.05, 3.63) is 89.0 Å². The molecule has 2 aliphatic rings. The van der Waals surface area contributed by atoms with E-state index in [1.807, 2.05) is 42.9 Å². The standard InChI is InChI=1S/C62H82N12O11/c1-8-9-10-24-66-60(79)83-35-49-45-18-21-51-52(22-19-46(45)49)74(71-70-51)29-30-82-36-54(76)69-56(37(2)3)53(75)31-41(12-11-25-65-59(63)78)58(77)67-42-15-13-40(14-16-42)34-84-61(80)72(6)27-28-73(7)62(81)85-43-17-20-50-47(32-43)55-38(4)48-33-64-26-23-44(48)39(5)57(55)68-50/h13-17,20,23,26,32-33,37,41,45-46,49,56,68H,8-12,18-19,21-22,24-25,27-31,34-36H2,1-7H3,(H,66,79)(H,67,77)(H,69,76)(H3,63,65,78)/t41-,45-,46+,49-,56+/m1/s1. The molecular weight excluding hydrogens is 1090 g/mol. The van der Waals surface area contributed by atoms with Crippen LogP contribution in [0.25, 0.3) is 32.6 Å². The van der Waals surface area contributed by atoms with Gasteiger partial charge in [0.25, 0.3) is 0 Å². The van der Waals surface area contributed by atoms with Crippen LogP contribution in [0.5, 0.6) is 5.75 Å². The van der Waals surface area contributed by atoms with Crippen LogP contribution in [0.15, 0.2) is 60.9 Å². The number of aryl methyl sites for hydroxylation is 3. The molecule has 3 heterocycles. The molecule has 3 aromatic carbocycles. The maximum atomic E-state index is 13.9. The van der Waals surface area contributed by atoms with Gasteiger partial charge in [0.2, 0.25) is 11.8 Å². The molecular formula is C62H82N12O11. The van der Waals surface area contributed by atoms with Crippen molar-refractivity contribution in [1.82, 2.24) is 50.7 Å². The lowest BCUT2D eigenvalue weighted by molar-refractivity contribution is -0.133. The average molecular weight is 1170 g/mol. The van der Waals surface area contributed by atoms with Crippen LogP contribution in [-0.4, -0.2) is 143 Å². The molecule has 456 valence electrons. The van der Waals surface area contributed by atoms with E-state index in [4.69, 9.17) is 24.7 Å². The van der Waals surface area contributed by atoms with E-state index >= 15 is 0 Å². The molecule has 2 aliphatic carbocycles. The van der Waals surface area contributed by atoms with Gasteiger partial charge >= 0.3 is 24.3 Å². The van der Waals surface area contributed by atoms with Gasteiger partial charge in [0, 0.05) is 92.4 Å². The molecule has 6 aromatic rings. The number of primary amides is 1. The van der Waals surface area contributed by atoms with Crippen molar-refractivity contribution in [3.63, 3.8) is 0 Å². The highest BCUT2D eigenvalue weighted by molar-refractivity contribution is 6.16. The first kappa shape index (κ1) is 62.7. The minimum Gasteiger partial charge on any atom is -0.449 e. The third-order valence-electron chi connectivity index (χ3n) is 16.5. The summed E-state index contributed by atoms with van der Waals surface area (Å²) < 4.78 is 24.5. The zero-order chi connectivity index (χ0) is 60.7. The third kappa shape index (κ3) is 16.5. The Hall–Kier alpha value is -8.34. The first-order chi connectivity index (χ1) is 40.9. The number of anilines is 1. The maximum absolute atomic E-state index is 13.9. The van der Waals surface area contributed by atoms with Gasteiger partial charge < -0.3 is 60.7 Å². The fourth-order valence-corrected chi connectivity index (χ4v) is 11.5. The van der Waals surface area contributed by atoms with E-state index in [9.17, 15) is 33.6 Å². The van der Waals surface area contributed by atoms with Gasteiger partial charge in [0.15, 0.2) is 5.78 Å². The van der Waals surface area contributed by atoms with Crippen LogP contribution >= 0.6 is 0 Å². The van der Waals surface area contributed by atoms with Gasteiger partial charge in [-0.25, -0.2) is 23.9 Å². The first-order valence-electron chi connectivity index (χ1n) is 29.6. The second kappa shape index (κ2) is 29.5. The minimum absolute atomic E-state index is 0.0696. The molecule has 0 radical (unpaired) electrons. The number of aromatic amines is 1. The number of rotatable bonds is 28. The lowest BCUT2D eigenvalue weighted by Crippen LogP contribution is -2.47. The number of H-pyrrole nitrogens is 1. The molecule has 8 rings (SSSR count). The highest BCUT2D eigenvalue weighted by Crippen LogP contribution is 2.53. The van der Waals surface area contributed by atoms with E-state index in [0.29, 0.717) is 60.9 Å². The number of nitrogens with two attached hydrogens (primary N) is 1. The molecule has 0 bridgehead atoms. The van der Waals surface area contributed by atoms with Crippen LogP contribution in [0.2, 0.25) is 0 Å². The molecule has 1 fully saturated rings. The van der Waals surface area contributed by atoms with Crippen molar-refractivity contribution in [2.45, 2.75) is 118 Å². The number of carbonyl (C=O) groups is 7. The van der Waals surface area contributed by atoms with Gasteiger partial charge in [0.1, 0.15) is 19.0 Å². The fraction of sp³-hybridized carbons (Fsp3) is 0.516. The first-order valence-corrected chi connectivity index (χ1v) is 29.6. The second-order valence-electron chi connectivity index (χ2n) is 22.9. The second-order valence-corrected chi connectivity index (χ2v) is 22.9. The Morgan fingerprint density at radius 3 is 2.33 bits per heavy atom. The normalized spacial score (nSPS) is 16.1. The number of pyridine rings is 1. The number of unbranched alkanes of at least 4 members (excludes halogenated alkanes) is 2. The van der Waals surface area contributed by atoms with Gasteiger partial charge in [-0.2, -0.15) is 0 Å². The number of nitrogens with zero attached hydrogens (tertiary/aromatic N) is 6. The molecule has 0 saturated heterocycles. The van der Waals surface area contributed by atoms with Gasteiger partial charge in [-0.3, -0.25) is 19.4 Å². The van der Waals surface area contributed by atoms with Crippen molar-refractivity contribution < 1.29 is 52.5 Å². The Morgan fingerprint density at radius 1 is 0.847 bits per heavy atom. The highest BCUT2D eigenvalue weighted by Gasteiger charge is 2.50. The predicted octanol–water partition coefficient (Wildman–Crippen LogP) is 8.25. The smallest absolute Gasteiger partial charge is 0.415 e. The van der Waals surface area contributed by atoms with Crippen LogP contribution in [0.4, 0.5) is 24.9 Å². The van der Waals surface area contributed by atoms with Gasteiger partial charge in [-0.05, 0) is 141 Å². The molecule has 0 aliphatic heterocycles. The van der Waals surface area contributed by atoms with Crippen LogP contribution in [0.3, 0.4) is 0 Å².